The van der Waals surface area contributed by atoms with Crippen LogP contribution in [0, 0.1) is 0 Å². The topological polar surface area (TPSA) is 52.6 Å². The quantitative estimate of drug-likeness (QED) is 0.819. The van der Waals surface area contributed by atoms with Crippen molar-refractivity contribution in [2.75, 3.05) is 16.8 Å². The van der Waals surface area contributed by atoms with E-state index in [0.29, 0.717) is 6.54 Å². The lowest BCUT2D eigenvalue weighted by molar-refractivity contribution is -0.122. The van der Waals surface area contributed by atoms with Gasteiger partial charge in [-0.15, -0.1) is 0 Å². The van der Waals surface area contributed by atoms with Gasteiger partial charge in [-0.2, -0.15) is 0 Å². The van der Waals surface area contributed by atoms with Crippen LogP contribution in [0.4, 0.5) is 11.4 Å². The summed E-state index contributed by atoms with van der Waals surface area (Å²) in [5, 5.41) is 12.4. The van der Waals surface area contributed by atoms with E-state index in [2.05, 4.69) is 5.32 Å². The molecule has 1 aromatic carbocycles. The number of carbonyl (C=O) groups is 1. The maximum atomic E-state index is 12.2. The Labute approximate surface area is 101 Å². The van der Waals surface area contributed by atoms with E-state index in [-0.39, 0.29) is 12.5 Å². The second kappa shape index (κ2) is 4.04. The van der Waals surface area contributed by atoms with E-state index >= 15 is 0 Å². The van der Waals surface area contributed by atoms with Crippen molar-refractivity contribution in [2.24, 2.45) is 0 Å². The predicted octanol–water partition coefficient (Wildman–Crippen LogP) is 1.74. The first-order chi connectivity index (χ1) is 7.99. The molecule has 0 bridgehead atoms. The van der Waals surface area contributed by atoms with E-state index in [1.807, 2.05) is 39.0 Å². The molecule has 0 spiro atoms. The van der Waals surface area contributed by atoms with Crippen LogP contribution in [0.15, 0.2) is 18.2 Å². The van der Waals surface area contributed by atoms with Gasteiger partial charge in [0.25, 0.3) is 5.91 Å². The number of fused-ring (bicyclic) bond motifs is 1. The molecule has 2 N–H and O–H groups in total. The molecule has 1 heterocycles. The minimum Gasteiger partial charge on any atom is -0.392 e. The maximum absolute atomic E-state index is 12.2. The highest BCUT2D eigenvalue weighted by molar-refractivity contribution is 6.07. The zero-order valence-corrected chi connectivity index (χ0v) is 10.4. The van der Waals surface area contributed by atoms with Crippen LogP contribution in [0.3, 0.4) is 0 Å². The standard InChI is InChI=1S/C13H18N2O2/c1-4-15-11-7-9(8-16)5-6-10(11)14-13(2,3)12(15)17/h5-7,14,16H,4,8H2,1-3H3. The molecule has 0 fully saturated rings. The van der Waals surface area contributed by atoms with Crippen molar-refractivity contribution in [1.82, 2.24) is 0 Å². The number of benzene rings is 1. The predicted molar refractivity (Wildman–Crippen MR) is 68.1 cm³/mol. The molecule has 0 radical (unpaired) electrons. The van der Waals surface area contributed by atoms with Crippen molar-refractivity contribution in [2.45, 2.75) is 32.9 Å². The molecule has 0 saturated heterocycles. The Morgan fingerprint density at radius 1 is 1.41 bits per heavy atom. The lowest BCUT2D eigenvalue weighted by Crippen LogP contribution is -2.53. The van der Waals surface area contributed by atoms with Crippen LogP contribution in [-0.2, 0) is 11.4 Å². The third kappa shape index (κ3) is 1.89. The molecule has 0 aliphatic carbocycles. The SMILES string of the molecule is CCN1C(=O)C(C)(C)Nc2ccc(CO)cc21. The molecule has 4 heteroatoms. The smallest absolute Gasteiger partial charge is 0.252 e. The van der Waals surface area contributed by atoms with Crippen LogP contribution in [-0.4, -0.2) is 23.1 Å². The first-order valence-corrected chi connectivity index (χ1v) is 5.83. The van der Waals surface area contributed by atoms with Gasteiger partial charge in [0.05, 0.1) is 18.0 Å². The van der Waals surface area contributed by atoms with E-state index in [9.17, 15) is 4.79 Å². The van der Waals surface area contributed by atoms with Crippen molar-refractivity contribution >= 4 is 17.3 Å². The highest BCUT2D eigenvalue weighted by atomic mass is 16.3. The summed E-state index contributed by atoms with van der Waals surface area (Å²) in [6, 6.07) is 5.64. The van der Waals surface area contributed by atoms with Gasteiger partial charge in [0.15, 0.2) is 0 Å². The molecular formula is C13H18N2O2. The van der Waals surface area contributed by atoms with Gasteiger partial charge in [0, 0.05) is 6.54 Å². The van der Waals surface area contributed by atoms with E-state index in [0.717, 1.165) is 16.9 Å². The highest BCUT2D eigenvalue weighted by Crippen LogP contribution is 2.35. The Kier molecular flexibility index (Phi) is 2.83. The average Bonchev–Trinajstić information content (AvgIpc) is 2.30. The van der Waals surface area contributed by atoms with E-state index in [1.165, 1.54) is 0 Å². The number of anilines is 2. The Morgan fingerprint density at radius 2 is 2.12 bits per heavy atom. The summed E-state index contributed by atoms with van der Waals surface area (Å²) in [7, 11) is 0. The number of nitrogens with one attached hydrogen (secondary N) is 1. The third-order valence-corrected chi connectivity index (χ3v) is 3.08. The Morgan fingerprint density at radius 3 is 2.71 bits per heavy atom. The van der Waals surface area contributed by atoms with Gasteiger partial charge in [-0.25, -0.2) is 0 Å². The number of rotatable bonds is 2. The number of aliphatic hydroxyl groups is 1. The number of hydrogen-bond acceptors (Lipinski definition) is 3. The van der Waals surface area contributed by atoms with Crippen molar-refractivity contribution in [3.8, 4) is 0 Å². The summed E-state index contributed by atoms with van der Waals surface area (Å²) < 4.78 is 0. The minimum atomic E-state index is -0.580. The van der Waals surface area contributed by atoms with Crippen molar-refractivity contribution in [1.29, 1.82) is 0 Å². The van der Waals surface area contributed by atoms with Gasteiger partial charge in [0.1, 0.15) is 5.54 Å². The first kappa shape index (κ1) is 11.9. The van der Waals surface area contributed by atoms with Crippen LogP contribution in [0.2, 0.25) is 0 Å². The van der Waals surface area contributed by atoms with Gasteiger partial charge in [-0.1, -0.05) is 6.07 Å². The number of aliphatic hydroxyl groups excluding tert-OH is 1. The fourth-order valence-corrected chi connectivity index (χ4v) is 2.16. The second-order valence-electron chi connectivity index (χ2n) is 4.81. The molecule has 0 aromatic heterocycles. The van der Waals surface area contributed by atoms with Gasteiger partial charge < -0.3 is 15.3 Å². The monoisotopic (exact) mass is 234 g/mol. The van der Waals surface area contributed by atoms with Gasteiger partial charge >= 0.3 is 0 Å². The summed E-state index contributed by atoms with van der Waals surface area (Å²) in [5.41, 5.74) is 2.03. The molecule has 0 unspecified atom stereocenters. The molecular weight excluding hydrogens is 216 g/mol. The van der Waals surface area contributed by atoms with E-state index in [1.54, 1.807) is 4.90 Å². The van der Waals surface area contributed by atoms with E-state index < -0.39 is 5.54 Å². The van der Waals surface area contributed by atoms with Crippen LogP contribution in [0.5, 0.6) is 0 Å². The maximum Gasteiger partial charge on any atom is 0.252 e. The van der Waals surface area contributed by atoms with Gasteiger partial charge in [0.2, 0.25) is 0 Å². The number of carbonyl (C=O) groups excluding carboxylic acids is 1. The Balaban J connectivity index is 2.53. The summed E-state index contributed by atoms with van der Waals surface area (Å²) in [5.74, 6) is 0.0580. The number of likely N-dealkylation sites (N-methyl/N-ethyl adjacent to an activating group) is 1. The molecule has 0 atom stereocenters. The molecule has 92 valence electrons. The molecule has 2 rings (SSSR count). The van der Waals surface area contributed by atoms with Crippen molar-refractivity contribution < 1.29 is 9.90 Å². The zero-order valence-electron chi connectivity index (χ0n) is 10.4. The van der Waals surface area contributed by atoms with Crippen molar-refractivity contribution in [3.05, 3.63) is 23.8 Å². The largest absolute Gasteiger partial charge is 0.392 e. The van der Waals surface area contributed by atoms with Crippen LogP contribution < -0.4 is 10.2 Å². The summed E-state index contributed by atoms with van der Waals surface area (Å²) in [4.78, 5) is 14.0. The lowest BCUT2D eigenvalue weighted by Gasteiger charge is -2.39. The minimum absolute atomic E-state index is 0.0115. The number of nitrogens with zero attached hydrogens (tertiary/aromatic N) is 1. The molecule has 1 aromatic rings. The van der Waals surface area contributed by atoms with Crippen LogP contribution >= 0.6 is 0 Å². The molecule has 0 saturated carbocycles. The van der Waals surface area contributed by atoms with Gasteiger partial charge in [-0.3, -0.25) is 4.79 Å². The number of hydrogen-bond donors (Lipinski definition) is 2. The Bertz CT molecular complexity index is 455. The highest BCUT2D eigenvalue weighted by Gasteiger charge is 2.37. The third-order valence-electron chi connectivity index (χ3n) is 3.08. The van der Waals surface area contributed by atoms with E-state index in [4.69, 9.17) is 5.11 Å². The summed E-state index contributed by atoms with van der Waals surface area (Å²) >= 11 is 0. The number of amides is 1. The first-order valence-electron chi connectivity index (χ1n) is 5.83. The van der Waals surface area contributed by atoms with Gasteiger partial charge in [-0.05, 0) is 38.5 Å². The van der Waals surface area contributed by atoms with Crippen LogP contribution in [0.25, 0.3) is 0 Å². The van der Waals surface area contributed by atoms with Crippen LogP contribution in [0.1, 0.15) is 26.3 Å². The molecule has 1 aliphatic rings. The molecule has 1 aliphatic heterocycles. The fourth-order valence-electron chi connectivity index (χ4n) is 2.16. The average molecular weight is 234 g/mol. The molecule has 17 heavy (non-hydrogen) atoms. The normalized spacial score (nSPS) is 17.6. The van der Waals surface area contributed by atoms with Crippen molar-refractivity contribution in [3.63, 3.8) is 0 Å². The summed E-state index contributed by atoms with van der Waals surface area (Å²) in [6.45, 7) is 6.32. The zero-order chi connectivity index (χ0) is 12.6. The molecule has 4 nitrogen and oxygen atoms in total. The molecule has 1 amide bonds. The summed E-state index contributed by atoms with van der Waals surface area (Å²) in [6.07, 6.45) is 0. The second-order valence-corrected chi connectivity index (χ2v) is 4.81. The fraction of sp³-hybridized carbons (Fsp3) is 0.462. The Hall–Kier alpha value is -1.55. The lowest BCUT2D eigenvalue weighted by atomic mass is 9.97.